The van der Waals surface area contributed by atoms with Gasteiger partial charge in [-0.15, -0.1) is 0 Å². The lowest BCUT2D eigenvalue weighted by Gasteiger charge is -2.32. The summed E-state index contributed by atoms with van der Waals surface area (Å²) in [5, 5.41) is 10.8. The van der Waals surface area contributed by atoms with Crippen LogP contribution in [0.25, 0.3) is 0 Å². The molecule has 2 aromatic rings. The Morgan fingerprint density at radius 3 is 2.40 bits per heavy atom. The summed E-state index contributed by atoms with van der Waals surface area (Å²) in [4.78, 5) is 28.3. The van der Waals surface area contributed by atoms with Gasteiger partial charge in [-0.2, -0.15) is 0 Å². The summed E-state index contributed by atoms with van der Waals surface area (Å²) in [5.41, 5.74) is 9.14. The molecule has 0 aliphatic carbocycles. The number of nitrogens with zero attached hydrogens (tertiary/aromatic N) is 2. The van der Waals surface area contributed by atoms with E-state index >= 15 is 0 Å². The first-order valence-electron chi connectivity index (χ1n) is 12.1. The first-order valence-corrected chi connectivity index (χ1v) is 12.1. The SMILES string of the molecule is CCOC(=O)C1CCN(c2ccc(N3C[C@H](CNCc4ccc(C(=N)N)cc4)OC3=O)cc2)CC1. The Balaban J connectivity index is 1.25. The molecule has 2 fully saturated rings. The van der Waals surface area contributed by atoms with Gasteiger partial charge in [-0.3, -0.25) is 15.1 Å². The van der Waals surface area contributed by atoms with Crippen molar-refractivity contribution in [2.24, 2.45) is 11.7 Å². The monoisotopic (exact) mass is 479 g/mol. The number of amidine groups is 1. The van der Waals surface area contributed by atoms with E-state index < -0.39 is 0 Å². The Bertz CT molecular complexity index is 1030. The molecule has 2 aliphatic heterocycles. The number of nitrogen functional groups attached to an aromatic ring is 1. The largest absolute Gasteiger partial charge is 0.466 e. The quantitative estimate of drug-likeness (QED) is 0.287. The number of nitrogens with one attached hydrogen (secondary N) is 2. The number of ether oxygens (including phenoxy) is 2. The van der Waals surface area contributed by atoms with Crippen molar-refractivity contribution in [2.45, 2.75) is 32.4 Å². The molecule has 1 atom stereocenters. The molecule has 0 spiro atoms. The van der Waals surface area contributed by atoms with E-state index in [1.807, 2.05) is 55.5 Å². The number of amides is 1. The fourth-order valence-corrected chi connectivity index (χ4v) is 4.50. The zero-order valence-corrected chi connectivity index (χ0v) is 20.0. The van der Waals surface area contributed by atoms with Crippen molar-refractivity contribution in [1.82, 2.24) is 5.32 Å². The average molecular weight is 480 g/mol. The molecule has 1 amide bonds. The van der Waals surface area contributed by atoms with E-state index in [9.17, 15) is 9.59 Å². The van der Waals surface area contributed by atoms with Gasteiger partial charge in [0.2, 0.25) is 0 Å². The Labute approximate surface area is 205 Å². The maximum atomic E-state index is 12.4. The molecule has 2 saturated heterocycles. The van der Waals surface area contributed by atoms with Gasteiger partial charge in [0.1, 0.15) is 11.9 Å². The minimum atomic E-state index is -0.342. The predicted molar refractivity (Wildman–Crippen MR) is 135 cm³/mol. The molecule has 9 heteroatoms. The van der Waals surface area contributed by atoms with Gasteiger partial charge in [-0.25, -0.2) is 4.79 Å². The maximum absolute atomic E-state index is 12.4. The van der Waals surface area contributed by atoms with Crippen LogP contribution >= 0.6 is 0 Å². The molecule has 0 bridgehead atoms. The lowest BCUT2D eigenvalue weighted by Crippen LogP contribution is -2.37. The van der Waals surface area contributed by atoms with Crippen molar-refractivity contribution in [3.05, 3.63) is 59.7 Å². The molecular weight excluding hydrogens is 446 g/mol. The molecule has 0 saturated carbocycles. The molecule has 2 aliphatic rings. The highest BCUT2D eigenvalue weighted by molar-refractivity contribution is 5.94. The summed E-state index contributed by atoms with van der Waals surface area (Å²) in [6.07, 6.45) is 0.995. The molecular formula is C26H33N5O4. The highest BCUT2D eigenvalue weighted by atomic mass is 16.6. The number of rotatable bonds is 9. The molecule has 2 aromatic carbocycles. The number of anilines is 2. The van der Waals surface area contributed by atoms with Gasteiger partial charge in [-0.1, -0.05) is 24.3 Å². The predicted octanol–water partition coefficient (Wildman–Crippen LogP) is 2.87. The van der Waals surface area contributed by atoms with Crippen LogP contribution in [-0.2, 0) is 20.8 Å². The summed E-state index contributed by atoms with van der Waals surface area (Å²) >= 11 is 0. The smallest absolute Gasteiger partial charge is 0.414 e. The van der Waals surface area contributed by atoms with Crippen molar-refractivity contribution < 1.29 is 19.1 Å². The number of esters is 1. The summed E-state index contributed by atoms with van der Waals surface area (Å²) in [6, 6.07) is 15.4. The lowest BCUT2D eigenvalue weighted by atomic mass is 9.96. The van der Waals surface area contributed by atoms with Gasteiger partial charge in [-0.05, 0) is 49.6 Å². The zero-order valence-electron chi connectivity index (χ0n) is 20.0. The molecule has 0 aromatic heterocycles. The number of cyclic esters (lactones) is 1. The first kappa shape index (κ1) is 24.5. The molecule has 9 nitrogen and oxygen atoms in total. The van der Waals surface area contributed by atoms with Crippen LogP contribution in [0.3, 0.4) is 0 Å². The zero-order chi connectivity index (χ0) is 24.8. The second kappa shape index (κ2) is 11.2. The van der Waals surface area contributed by atoms with Crippen LogP contribution in [0, 0.1) is 11.3 Å². The van der Waals surface area contributed by atoms with Crippen molar-refractivity contribution >= 4 is 29.3 Å². The number of piperidine rings is 1. The third-order valence-corrected chi connectivity index (χ3v) is 6.48. The second-order valence-electron chi connectivity index (χ2n) is 8.89. The van der Waals surface area contributed by atoms with Crippen LogP contribution in [0.1, 0.15) is 30.9 Å². The Morgan fingerprint density at radius 1 is 1.11 bits per heavy atom. The third-order valence-electron chi connectivity index (χ3n) is 6.48. The second-order valence-corrected chi connectivity index (χ2v) is 8.89. The topological polar surface area (TPSA) is 121 Å². The fourth-order valence-electron chi connectivity index (χ4n) is 4.50. The van der Waals surface area contributed by atoms with Gasteiger partial charge >= 0.3 is 12.1 Å². The van der Waals surface area contributed by atoms with E-state index in [4.69, 9.17) is 20.6 Å². The molecule has 186 valence electrons. The molecule has 35 heavy (non-hydrogen) atoms. The van der Waals surface area contributed by atoms with E-state index in [2.05, 4.69) is 10.2 Å². The van der Waals surface area contributed by atoms with Crippen molar-refractivity contribution in [2.75, 3.05) is 42.6 Å². The van der Waals surface area contributed by atoms with Gasteiger partial charge in [0, 0.05) is 43.1 Å². The van der Waals surface area contributed by atoms with E-state index in [-0.39, 0.29) is 29.9 Å². The van der Waals surface area contributed by atoms with E-state index in [0.29, 0.717) is 31.8 Å². The Hall–Kier alpha value is -3.59. The van der Waals surface area contributed by atoms with Gasteiger partial charge in [0.25, 0.3) is 0 Å². The standard InChI is InChI=1S/C26H33N5O4/c1-2-34-25(32)20-11-13-30(14-12-20)21-7-9-22(10-8-21)31-17-23(35-26(31)33)16-29-15-18-3-5-19(6-4-18)24(27)28/h3-10,20,23,29H,2,11-17H2,1H3,(H3,27,28)/t23-/m0/s1. The van der Waals surface area contributed by atoms with Crippen LogP contribution in [0.4, 0.5) is 16.2 Å². The molecule has 4 N–H and O–H groups in total. The van der Waals surface area contributed by atoms with Crippen molar-refractivity contribution in [3.63, 3.8) is 0 Å². The van der Waals surface area contributed by atoms with Crippen molar-refractivity contribution in [1.29, 1.82) is 5.41 Å². The van der Waals surface area contributed by atoms with E-state index in [1.165, 1.54) is 0 Å². The normalized spacial score (nSPS) is 18.4. The summed E-state index contributed by atoms with van der Waals surface area (Å²) < 4.78 is 10.7. The highest BCUT2D eigenvalue weighted by Crippen LogP contribution is 2.28. The van der Waals surface area contributed by atoms with Crippen LogP contribution < -0.4 is 20.9 Å². The molecule has 2 heterocycles. The minimum absolute atomic E-state index is 0.0182. The summed E-state index contributed by atoms with van der Waals surface area (Å²) in [7, 11) is 0. The van der Waals surface area contributed by atoms with Crippen LogP contribution in [0.5, 0.6) is 0 Å². The number of hydrogen-bond donors (Lipinski definition) is 3. The van der Waals surface area contributed by atoms with E-state index in [1.54, 1.807) is 4.90 Å². The maximum Gasteiger partial charge on any atom is 0.414 e. The van der Waals surface area contributed by atoms with Crippen molar-refractivity contribution in [3.8, 4) is 0 Å². The Morgan fingerprint density at radius 2 is 1.77 bits per heavy atom. The number of carbonyl (C=O) groups is 2. The van der Waals surface area contributed by atoms with Crippen LogP contribution in [0.2, 0.25) is 0 Å². The third kappa shape index (κ3) is 6.10. The number of carbonyl (C=O) groups excluding carboxylic acids is 2. The first-order chi connectivity index (χ1) is 16.9. The Kier molecular flexibility index (Phi) is 7.87. The number of benzene rings is 2. The van der Waals surface area contributed by atoms with Gasteiger partial charge in [0.05, 0.1) is 19.1 Å². The highest BCUT2D eigenvalue weighted by Gasteiger charge is 2.32. The molecule has 0 unspecified atom stereocenters. The van der Waals surface area contributed by atoms with Crippen LogP contribution in [-0.4, -0.2) is 56.8 Å². The van der Waals surface area contributed by atoms with Gasteiger partial charge in [0.15, 0.2) is 0 Å². The number of nitrogens with two attached hydrogens (primary N) is 1. The summed E-state index contributed by atoms with van der Waals surface area (Å²) in [6.45, 7) is 5.53. The molecule has 0 radical (unpaired) electrons. The van der Waals surface area contributed by atoms with Gasteiger partial charge < -0.3 is 25.4 Å². The molecule has 4 rings (SSSR count). The average Bonchev–Trinajstić information content (AvgIpc) is 3.25. The summed E-state index contributed by atoms with van der Waals surface area (Å²) in [5.74, 6) is -0.0608. The van der Waals surface area contributed by atoms with E-state index in [0.717, 1.165) is 42.9 Å². The van der Waals surface area contributed by atoms with Crippen LogP contribution in [0.15, 0.2) is 48.5 Å². The fraction of sp³-hybridized carbons (Fsp3) is 0.423. The minimum Gasteiger partial charge on any atom is -0.466 e. The lowest BCUT2D eigenvalue weighted by molar-refractivity contribution is -0.148. The number of hydrogen-bond acceptors (Lipinski definition) is 7.